The van der Waals surface area contributed by atoms with E-state index in [2.05, 4.69) is 22.1 Å². The first kappa shape index (κ1) is 14.7. The number of benzene rings is 1. The highest BCUT2D eigenvalue weighted by atomic mass is 19.1. The van der Waals surface area contributed by atoms with Gasteiger partial charge in [-0.15, -0.1) is 0 Å². The predicted molar refractivity (Wildman–Crippen MR) is 79.3 cm³/mol. The Morgan fingerprint density at radius 2 is 2.19 bits per heavy atom. The van der Waals surface area contributed by atoms with Crippen molar-refractivity contribution in [3.63, 3.8) is 0 Å². The van der Waals surface area contributed by atoms with Crippen molar-refractivity contribution in [2.24, 2.45) is 5.73 Å². The van der Waals surface area contributed by atoms with Gasteiger partial charge in [0, 0.05) is 11.3 Å². The summed E-state index contributed by atoms with van der Waals surface area (Å²) in [6, 6.07) is 7.94. The van der Waals surface area contributed by atoms with Crippen LogP contribution in [0, 0.1) is 24.6 Å². The molecule has 0 bridgehead atoms. The van der Waals surface area contributed by atoms with Crippen molar-refractivity contribution in [3.8, 4) is 11.8 Å². The van der Waals surface area contributed by atoms with Gasteiger partial charge >= 0.3 is 0 Å². The number of aromatic nitrogens is 1. The first-order chi connectivity index (χ1) is 10.1. The number of hydrogen-bond donors (Lipinski definition) is 2. The zero-order chi connectivity index (χ0) is 15.2. The van der Waals surface area contributed by atoms with Crippen molar-refractivity contribution in [2.45, 2.75) is 6.92 Å². The maximum absolute atomic E-state index is 12.8. The summed E-state index contributed by atoms with van der Waals surface area (Å²) in [5.74, 6) is 4.82. The Morgan fingerprint density at radius 1 is 1.38 bits per heavy atom. The summed E-state index contributed by atoms with van der Waals surface area (Å²) in [6.45, 7) is 2.16. The molecule has 0 aliphatic carbocycles. The zero-order valence-corrected chi connectivity index (χ0v) is 11.5. The zero-order valence-electron chi connectivity index (χ0n) is 11.5. The molecule has 1 amide bonds. The van der Waals surface area contributed by atoms with Crippen molar-refractivity contribution < 1.29 is 9.18 Å². The van der Waals surface area contributed by atoms with Crippen molar-refractivity contribution in [1.29, 1.82) is 0 Å². The summed E-state index contributed by atoms with van der Waals surface area (Å²) in [5, 5.41) is 2.73. The molecule has 0 fully saturated rings. The van der Waals surface area contributed by atoms with Crippen LogP contribution in [0.15, 0.2) is 36.5 Å². The summed E-state index contributed by atoms with van der Waals surface area (Å²) < 4.78 is 12.8. The third-order valence-electron chi connectivity index (χ3n) is 2.77. The number of nitrogens with one attached hydrogen (secondary N) is 1. The van der Waals surface area contributed by atoms with Crippen LogP contribution in [0.5, 0.6) is 0 Å². The van der Waals surface area contributed by atoms with Crippen molar-refractivity contribution in [3.05, 3.63) is 59.2 Å². The van der Waals surface area contributed by atoms with Gasteiger partial charge in [-0.25, -0.2) is 9.37 Å². The van der Waals surface area contributed by atoms with Crippen molar-refractivity contribution >= 4 is 11.6 Å². The van der Waals surface area contributed by atoms with Crippen molar-refractivity contribution in [1.82, 2.24) is 4.98 Å². The highest BCUT2D eigenvalue weighted by Gasteiger charge is 2.09. The maximum atomic E-state index is 12.8. The van der Waals surface area contributed by atoms with Crippen LogP contribution >= 0.6 is 0 Å². The lowest BCUT2D eigenvalue weighted by molar-refractivity contribution is 0.102. The van der Waals surface area contributed by atoms with Gasteiger partial charge in [0.1, 0.15) is 11.5 Å². The van der Waals surface area contributed by atoms with Gasteiger partial charge in [0.15, 0.2) is 0 Å². The molecule has 0 aliphatic rings. The van der Waals surface area contributed by atoms with Gasteiger partial charge in [0.05, 0.1) is 12.7 Å². The van der Waals surface area contributed by atoms with Crippen LogP contribution in [0.4, 0.5) is 10.1 Å². The molecule has 2 rings (SSSR count). The molecule has 5 heteroatoms. The molecule has 1 aromatic heterocycles. The average molecular weight is 283 g/mol. The third kappa shape index (κ3) is 3.88. The first-order valence-corrected chi connectivity index (χ1v) is 6.32. The number of carbonyl (C=O) groups excluding carboxylic acids is 1. The molecule has 106 valence electrons. The largest absolute Gasteiger partial charge is 0.320 e. The molecule has 1 heterocycles. The molecule has 0 spiro atoms. The van der Waals surface area contributed by atoms with E-state index in [0.29, 0.717) is 12.2 Å². The Labute approximate surface area is 122 Å². The second-order valence-electron chi connectivity index (χ2n) is 4.35. The van der Waals surface area contributed by atoms with Gasteiger partial charge in [-0.05, 0) is 42.8 Å². The van der Waals surface area contributed by atoms with Crippen LogP contribution in [-0.4, -0.2) is 17.4 Å². The predicted octanol–water partition coefficient (Wildman–Crippen LogP) is 2.09. The molecule has 21 heavy (non-hydrogen) atoms. The molecule has 0 aliphatic heterocycles. The van der Waals surface area contributed by atoms with Gasteiger partial charge in [-0.2, -0.15) is 0 Å². The number of anilines is 1. The number of rotatable bonds is 2. The molecule has 0 unspecified atom stereocenters. The fourth-order valence-corrected chi connectivity index (χ4v) is 1.73. The van der Waals surface area contributed by atoms with E-state index in [1.807, 2.05) is 13.0 Å². The highest BCUT2D eigenvalue weighted by molar-refractivity contribution is 6.03. The van der Waals surface area contributed by atoms with Gasteiger partial charge in [-0.1, -0.05) is 11.8 Å². The first-order valence-electron chi connectivity index (χ1n) is 6.32. The van der Waals surface area contributed by atoms with E-state index in [-0.39, 0.29) is 11.6 Å². The van der Waals surface area contributed by atoms with Crippen LogP contribution in [0.3, 0.4) is 0 Å². The average Bonchev–Trinajstić information content (AvgIpc) is 2.48. The highest BCUT2D eigenvalue weighted by Crippen LogP contribution is 2.17. The van der Waals surface area contributed by atoms with E-state index in [1.54, 1.807) is 12.1 Å². The maximum Gasteiger partial charge on any atom is 0.274 e. The molecule has 0 saturated carbocycles. The second-order valence-corrected chi connectivity index (χ2v) is 4.35. The fraction of sp³-hybridized carbons (Fsp3) is 0.125. The van der Waals surface area contributed by atoms with Crippen LogP contribution in [0.25, 0.3) is 0 Å². The van der Waals surface area contributed by atoms with Gasteiger partial charge in [0.2, 0.25) is 0 Å². The molecule has 0 radical (unpaired) electrons. The number of nitrogens with two attached hydrogens (primary N) is 1. The van der Waals surface area contributed by atoms with Gasteiger partial charge in [-0.3, -0.25) is 4.79 Å². The lowest BCUT2D eigenvalue weighted by Gasteiger charge is -2.08. The monoisotopic (exact) mass is 283 g/mol. The Morgan fingerprint density at radius 3 is 2.81 bits per heavy atom. The van der Waals surface area contributed by atoms with E-state index >= 15 is 0 Å². The Kier molecular flexibility index (Phi) is 4.64. The van der Waals surface area contributed by atoms with E-state index in [4.69, 9.17) is 5.73 Å². The molecule has 0 saturated heterocycles. The van der Waals surface area contributed by atoms with Crippen LogP contribution in [0.1, 0.15) is 21.6 Å². The topological polar surface area (TPSA) is 68.0 Å². The number of nitrogens with zero attached hydrogens (tertiary/aromatic N) is 1. The van der Waals surface area contributed by atoms with E-state index < -0.39 is 5.82 Å². The molecular weight excluding hydrogens is 269 g/mol. The molecule has 2 aromatic rings. The number of amides is 1. The van der Waals surface area contributed by atoms with E-state index in [1.165, 1.54) is 12.1 Å². The number of pyridine rings is 1. The third-order valence-corrected chi connectivity index (χ3v) is 2.77. The van der Waals surface area contributed by atoms with Crippen LogP contribution < -0.4 is 11.1 Å². The van der Waals surface area contributed by atoms with Crippen LogP contribution in [0.2, 0.25) is 0 Å². The van der Waals surface area contributed by atoms with Crippen LogP contribution in [-0.2, 0) is 0 Å². The van der Waals surface area contributed by atoms with Gasteiger partial charge < -0.3 is 11.1 Å². The molecular formula is C16H14FN3O. The standard InChI is InChI=1S/C16H14FN3O/c1-11-9-12(3-2-8-18)4-6-14(11)20-16(21)15-7-5-13(17)10-19-15/h4-7,9-10H,8,18H2,1H3,(H,20,21). The molecule has 1 aromatic carbocycles. The Hall–Kier alpha value is -2.71. The Balaban J connectivity index is 2.16. The SMILES string of the molecule is Cc1cc(C#CCN)ccc1NC(=O)c1ccc(F)cn1. The molecule has 3 N–H and O–H groups in total. The molecule has 4 nitrogen and oxygen atoms in total. The Bertz CT molecular complexity index is 715. The summed E-state index contributed by atoms with van der Waals surface area (Å²) in [7, 11) is 0. The van der Waals surface area contributed by atoms with Gasteiger partial charge in [0.25, 0.3) is 5.91 Å². The van der Waals surface area contributed by atoms with E-state index in [9.17, 15) is 9.18 Å². The lowest BCUT2D eigenvalue weighted by Crippen LogP contribution is -2.14. The minimum atomic E-state index is -0.481. The number of aryl methyl sites for hydroxylation is 1. The van der Waals surface area contributed by atoms with Crippen molar-refractivity contribution in [2.75, 3.05) is 11.9 Å². The molecule has 0 atom stereocenters. The normalized spacial score (nSPS) is 9.67. The van der Waals surface area contributed by atoms with E-state index in [0.717, 1.165) is 17.3 Å². The minimum absolute atomic E-state index is 0.155. The minimum Gasteiger partial charge on any atom is -0.320 e. The fourth-order valence-electron chi connectivity index (χ4n) is 1.73. The number of carbonyl (C=O) groups is 1. The summed E-state index contributed by atoms with van der Waals surface area (Å²) in [4.78, 5) is 15.7. The summed E-state index contributed by atoms with van der Waals surface area (Å²) >= 11 is 0. The second kappa shape index (κ2) is 6.64. The number of hydrogen-bond acceptors (Lipinski definition) is 3. The lowest BCUT2D eigenvalue weighted by atomic mass is 10.1. The quantitative estimate of drug-likeness (QED) is 0.829. The number of halogens is 1. The summed E-state index contributed by atoms with van der Waals surface area (Å²) in [5.41, 5.74) is 7.83. The summed E-state index contributed by atoms with van der Waals surface area (Å²) in [6.07, 6.45) is 1.01. The smallest absolute Gasteiger partial charge is 0.274 e.